The number of hydrogen-bond acceptors (Lipinski definition) is 7. The van der Waals surface area contributed by atoms with E-state index < -0.39 is 24.1 Å². The minimum Gasteiger partial charge on any atom is -0.479 e. The molecule has 0 heterocycles. The van der Waals surface area contributed by atoms with Crippen molar-refractivity contribution < 1.29 is 43.5 Å². The van der Waals surface area contributed by atoms with Gasteiger partial charge in [-0.05, 0) is 25.7 Å². The van der Waals surface area contributed by atoms with Crippen LogP contribution in [0.1, 0.15) is 105 Å². The molecule has 0 saturated heterocycles. The molecule has 0 bridgehead atoms. The van der Waals surface area contributed by atoms with Crippen molar-refractivity contribution in [3.63, 3.8) is 0 Å². The molecule has 37 heavy (non-hydrogen) atoms. The Hall–Kier alpha value is -1.26. The van der Waals surface area contributed by atoms with E-state index in [-0.39, 0.29) is 25.4 Å². The first-order valence-electron chi connectivity index (χ1n) is 14.4. The van der Waals surface area contributed by atoms with Crippen LogP contribution in [0.25, 0.3) is 0 Å². The monoisotopic (exact) mass is 534 g/mol. The van der Waals surface area contributed by atoms with Gasteiger partial charge in [-0.3, -0.25) is 0 Å². The second-order valence-corrected chi connectivity index (χ2v) is 9.49. The zero-order valence-corrected chi connectivity index (χ0v) is 23.8. The number of carboxylic acid groups (broad SMARTS) is 2. The first-order chi connectivity index (χ1) is 17.9. The molecule has 0 aliphatic carbocycles. The molecule has 0 radical (unpaired) electrons. The predicted octanol–water partition coefficient (Wildman–Crippen LogP) is 5.47. The summed E-state index contributed by atoms with van der Waals surface area (Å²) in [7, 11) is 0. The van der Waals surface area contributed by atoms with E-state index in [4.69, 9.17) is 23.7 Å². The molecular formula is C28H54O9. The molecule has 0 aromatic rings. The fourth-order valence-electron chi connectivity index (χ4n) is 3.72. The summed E-state index contributed by atoms with van der Waals surface area (Å²) < 4.78 is 28.8. The van der Waals surface area contributed by atoms with Gasteiger partial charge in [0.2, 0.25) is 0 Å². The largest absolute Gasteiger partial charge is 0.479 e. The van der Waals surface area contributed by atoms with Gasteiger partial charge in [0.1, 0.15) is 0 Å². The van der Waals surface area contributed by atoms with Crippen molar-refractivity contribution >= 4 is 11.9 Å². The fraction of sp³-hybridized carbons (Fsp3) is 0.929. The third kappa shape index (κ3) is 20.4. The molecule has 9 heteroatoms. The number of ether oxygens (including phenoxy) is 5. The SMILES string of the molecule is CCCCC(COC(CCCC)C(=O)O)OCCOCCOC(CCCC)COC(CCCC)C(=O)O. The number of carboxylic acids is 2. The van der Waals surface area contributed by atoms with Gasteiger partial charge in [0.05, 0.1) is 51.8 Å². The average molecular weight is 535 g/mol. The molecule has 0 rings (SSSR count). The van der Waals surface area contributed by atoms with Crippen LogP contribution in [0.15, 0.2) is 0 Å². The summed E-state index contributed by atoms with van der Waals surface area (Å²) in [5.41, 5.74) is 0. The van der Waals surface area contributed by atoms with Crippen LogP contribution in [0, 0.1) is 0 Å². The van der Waals surface area contributed by atoms with Crippen LogP contribution < -0.4 is 0 Å². The number of hydrogen-bond donors (Lipinski definition) is 2. The highest BCUT2D eigenvalue weighted by Crippen LogP contribution is 2.12. The third-order valence-corrected chi connectivity index (χ3v) is 6.08. The molecule has 2 N–H and O–H groups in total. The Morgan fingerprint density at radius 2 is 0.892 bits per heavy atom. The zero-order chi connectivity index (χ0) is 27.7. The Labute approximate surface area is 224 Å². The summed E-state index contributed by atoms with van der Waals surface area (Å²) in [6.07, 6.45) is 8.27. The fourth-order valence-corrected chi connectivity index (χ4v) is 3.72. The lowest BCUT2D eigenvalue weighted by Crippen LogP contribution is -2.30. The minimum absolute atomic E-state index is 0.159. The van der Waals surface area contributed by atoms with Crippen molar-refractivity contribution in [3.05, 3.63) is 0 Å². The van der Waals surface area contributed by atoms with Gasteiger partial charge < -0.3 is 33.9 Å². The number of carbonyl (C=O) groups is 2. The number of unbranched alkanes of at least 4 members (excludes halogenated alkanes) is 4. The summed E-state index contributed by atoms with van der Waals surface area (Å²) in [6, 6.07) is 0. The van der Waals surface area contributed by atoms with Crippen LogP contribution in [0.2, 0.25) is 0 Å². The van der Waals surface area contributed by atoms with Gasteiger partial charge in [-0.15, -0.1) is 0 Å². The summed E-state index contributed by atoms with van der Waals surface area (Å²) in [5.74, 6) is -1.85. The van der Waals surface area contributed by atoms with Gasteiger partial charge in [0, 0.05) is 0 Å². The second-order valence-electron chi connectivity index (χ2n) is 9.49. The first-order valence-corrected chi connectivity index (χ1v) is 14.4. The summed E-state index contributed by atoms with van der Waals surface area (Å²) in [4.78, 5) is 22.8. The van der Waals surface area contributed by atoms with E-state index in [1.165, 1.54) is 0 Å². The van der Waals surface area contributed by atoms with Crippen LogP contribution in [-0.4, -0.2) is 86.2 Å². The molecule has 9 nitrogen and oxygen atoms in total. The maximum absolute atomic E-state index is 11.4. The molecule has 0 amide bonds. The van der Waals surface area contributed by atoms with Crippen molar-refractivity contribution in [1.29, 1.82) is 0 Å². The maximum atomic E-state index is 11.4. The third-order valence-electron chi connectivity index (χ3n) is 6.08. The highest BCUT2D eigenvalue weighted by Gasteiger charge is 2.21. The first kappa shape index (κ1) is 35.7. The van der Waals surface area contributed by atoms with Crippen LogP contribution in [0.4, 0.5) is 0 Å². The predicted molar refractivity (Wildman–Crippen MR) is 143 cm³/mol. The minimum atomic E-state index is -0.923. The molecule has 0 aromatic carbocycles. The topological polar surface area (TPSA) is 121 Å². The second kappa shape index (κ2) is 25.0. The van der Waals surface area contributed by atoms with E-state index >= 15 is 0 Å². The van der Waals surface area contributed by atoms with E-state index in [9.17, 15) is 19.8 Å². The van der Waals surface area contributed by atoms with E-state index in [1.54, 1.807) is 0 Å². The van der Waals surface area contributed by atoms with Gasteiger partial charge in [-0.2, -0.15) is 0 Å². The Morgan fingerprint density at radius 1 is 0.541 bits per heavy atom. The van der Waals surface area contributed by atoms with E-state index in [0.29, 0.717) is 39.3 Å². The Bertz CT molecular complexity index is 498. The quantitative estimate of drug-likeness (QED) is 0.126. The summed E-state index contributed by atoms with van der Waals surface area (Å²) in [5, 5.41) is 18.7. The molecule has 220 valence electrons. The Kier molecular flexibility index (Phi) is 24.2. The molecule has 4 atom stereocenters. The van der Waals surface area contributed by atoms with Crippen LogP contribution in [-0.2, 0) is 33.3 Å². The molecule has 4 unspecified atom stereocenters. The molecule has 0 aromatic heterocycles. The van der Waals surface area contributed by atoms with Gasteiger partial charge >= 0.3 is 11.9 Å². The molecule has 0 aliphatic rings. The molecule has 0 aliphatic heterocycles. The van der Waals surface area contributed by atoms with Crippen molar-refractivity contribution in [2.75, 3.05) is 39.6 Å². The standard InChI is InChI=1S/C28H54O9/c1-5-9-13-23(21-36-25(27(29)30)15-11-7-3)34-19-17-33-18-20-35-24(14-10-6-2)22-37-26(28(31)32)16-12-8-4/h23-26H,5-22H2,1-4H3,(H,29,30)(H,31,32). The Balaban J connectivity index is 4.33. The maximum Gasteiger partial charge on any atom is 0.332 e. The van der Waals surface area contributed by atoms with Crippen LogP contribution >= 0.6 is 0 Å². The van der Waals surface area contributed by atoms with Gasteiger partial charge in [-0.25, -0.2) is 9.59 Å². The number of aliphatic carboxylic acids is 2. The number of rotatable bonds is 28. The van der Waals surface area contributed by atoms with Crippen molar-refractivity contribution in [3.8, 4) is 0 Å². The lowest BCUT2D eigenvalue weighted by Gasteiger charge is -2.21. The zero-order valence-electron chi connectivity index (χ0n) is 23.8. The highest BCUT2D eigenvalue weighted by atomic mass is 16.6. The molecule has 0 spiro atoms. The molecule has 0 fully saturated rings. The van der Waals surface area contributed by atoms with Crippen molar-refractivity contribution in [2.24, 2.45) is 0 Å². The van der Waals surface area contributed by atoms with Crippen molar-refractivity contribution in [1.82, 2.24) is 0 Å². The summed E-state index contributed by atoms with van der Waals surface area (Å²) in [6.45, 7) is 10.4. The lowest BCUT2D eigenvalue weighted by atomic mass is 10.1. The van der Waals surface area contributed by atoms with E-state index in [1.807, 2.05) is 13.8 Å². The van der Waals surface area contributed by atoms with Crippen LogP contribution in [0.3, 0.4) is 0 Å². The summed E-state index contributed by atoms with van der Waals surface area (Å²) >= 11 is 0. The van der Waals surface area contributed by atoms with Gasteiger partial charge in [-0.1, -0.05) is 79.1 Å². The smallest absolute Gasteiger partial charge is 0.332 e. The Morgan fingerprint density at radius 3 is 1.22 bits per heavy atom. The van der Waals surface area contributed by atoms with E-state index in [2.05, 4.69) is 13.8 Å². The van der Waals surface area contributed by atoms with Gasteiger partial charge in [0.25, 0.3) is 0 Å². The van der Waals surface area contributed by atoms with E-state index in [0.717, 1.165) is 64.2 Å². The molecule has 0 saturated carbocycles. The molecular weight excluding hydrogens is 480 g/mol. The normalized spacial score (nSPS) is 14.8. The van der Waals surface area contributed by atoms with Crippen molar-refractivity contribution in [2.45, 2.75) is 129 Å². The van der Waals surface area contributed by atoms with Crippen LogP contribution in [0.5, 0.6) is 0 Å². The highest BCUT2D eigenvalue weighted by molar-refractivity contribution is 5.72. The average Bonchev–Trinajstić information content (AvgIpc) is 2.87. The lowest BCUT2D eigenvalue weighted by molar-refractivity contribution is -0.154. The van der Waals surface area contributed by atoms with Gasteiger partial charge in [0.15, 0.2) is 12.2 Å².